The summed E-state index contributed by atoms with van der Waals surface area (Å²) >= 11 is 2.74. The van der Waals surface area contributed by atoms with Crippen LogP contribution in [0.25, 0.3) is 31.2 Å². The molecule has 0 N–H and O–H groups in total. The molecule has 0 atom stereocenters. The van der Waals surface area contributed by atoms with Crippen LogP contribution in [0.15, 0.2) is 53.9 Å². The van der Waals surface area contributed by atoms with Crippen molar-refractivity contribution in [3.63, 3.8) is 0 Å². The number of pyridine rings is 1. The van der Waals surface area contributed by atoms with E-state index in [1.54, 1.807) is 18.4 Å². The van der Waals surface area contributed by atoms with Crippen molar-refractivity contribution in [3.05, 3.63) is 69.6 Å². The number of benzene rings is 1. The van der Waals surface area contributed by atoms with E-state index in [4.69, 9.17) is 4.74 Å². The topological polar surface area (TPSA) is 82.3 Å². The lowest BCUT2D eigenvalue weighted by Crippen LogP contribution is -2.06. The highest BCUT2D eigenvalue weighted by atomic mass is 32.1. The molecule has 0 saturated heterocycles. The van der Waals surface area contributed by atoms with E-state index in [9.17, 15) is 14.9 Å². The summed E-state index contributed by atoms with van der Waals surface area (Å²) in [6.07, 6.45) is 0. The standard InChI is InChI=1S/C20H14N2O4S2/c1-2-26-20(23)13-11-15(21-14-6-4-3-5-12(13)14)17-7-8-18(28-17)19-16(22(24)25)9-10-27-19/h3-11H,2H2,1H3. The van der Waals surface area contributed by atoms with E-state index in [1.165, 1.54) is 28.7 Å². The van der Waals surface area contributed by atoms with Gasteiger partial charge in [0.1, 0.15) is 4.88 Å². The number of carbonyl (C=O) groups excluding carboxylic acids is 1. The van der Waals surface area contributed by atoms with Crippen molar-refractivity contribution in [2.24, 2.45) is 0 Å². The van der Waals surface area contributed by atoms with Gasteiger partial charge in [-0.15, -0.1) is 22.7 Å². The maximum absolute atomic E-state index is 12.4. The molecule has 140 valence electrons. The first kappa shape index (κ1) is 18.3. The van der Waals surface area contributed by atoms with Crippen molar-refractivity contribution < 1.29 is 14.5 Å². The molecule has 4 rings (SSSR count). The van der Waals surface area contributed by atoms with Gasteiger partial charge in [-0.05, 0) is 36.6 Å². The molecule has 8 heteroatoms. The van der Waals surface area contributed by atoms with Crippen LogP contribution in [0.5, 0.6) is 0 Å². The quantitative estimate of drug-likeness (QED) is 0.237. The molecule has 0 aliphatic heterocycles. The number of hydrogen-bond acceptors (Lipinski definition) is 7. The van der Waals surface area contributed by atoms with Crippen LogP contribution in [-0.4, -0.2) is 22.5 Å². The zero-order valence-electron chi connectivity index (χ0n) is 14.7. The zero-order chi connectivity index (χ0) is 19.7. The van der Waals surface area contributed by atoms with Gasteiger partial charge in [-0.3, -0.25) is 10.1 Å². The van der Waals surface area contributed by atoms with Gasteiger partial charge in [0.25, 0.3) is 5.69 Å². The number of rotatable bonds is 5. The Hall–Kier alpha value is -3.10. The van der Waals surface area contributed by atoms with Crippen LogP contribution in [0.3, 0.4) is 0 Å². The van der Waals surface area contributed by atoms with E-state index in [0.29, 0.717) is 21.7 Å². The smallest absolute Gasteiger partial charge is 0.338 e. The number of hydrogen-bond donors (Lipinski definition) is 0. The van der Waals surface area contributed by atoms with Gasteiger partial charge in [0, 0.05) is 11.5 Å². The zero-order valence-corrected chi connectivity index (χ0v) is 16.4. The summed E-state index contributed by atoms with van der Waals surface area (Å²) in [4.78, 5) is 30.2. The fraction of sp³-hybridized carbons (Fsp3) is 0.100. The lowest BCUT2D eigenvalue weighted by Gasteiger charge is -2.08. The maximum atomic E-state index is 12.4. The minimum Gasteiger partial charge on any atom is -0.462 e. The van der Waals surface area contributed by atoms with Gasteiger partial charge in [-0.1, -0.05) is 18.2 Å². The molecule has 0 aliphatic carbocycles. The van der Waals surface area contributed by atoms with Gasteiger partial charge in [0.05, 0.1) is 38.1 Å². The molecule has 4 aromatic rings. The van der Waals surface area contributed by atoms with E-state index >= 15 is 0 Å². The van der Waals surface area contributed by atoms with E-state index in [-0.39, 0.29) is 17.2 Å². The number of esters is 1. The van der Waals surface area contributed by atoms with Crippen molar-refractivity contribution in [2.75, 3.05) is 6.61 Å². The van der Waals surface area contributed by atoms with Crippen LogP contribution in [0.2, 0.25) is 0 Å². The van der Waals surface area contributed by atoms with Gasteiger partial charge in [0.15, 0.2) is 0 Å². The molecule has 0 radical (unpaired) electrons. The first-order valence-electron chi connectivity index (χ1n) is 8.48. The molecule has 3 heterocycles. The first-order chi connectivity index (χ1) is 13.6. The Balaban J connectivity index is 1.82. The molecule has 1 aromatic carbocycles. The highest BCUT2D eigenvalue weighted by Crippen LogP contribution is 2.41. The summed E-state index contributed by atoms with van der Waals surface area (Å²) in [5.74, 6) is -0.395. The summed E-state index contributed by atoms with van der Waals surface area (Å²) < 4.78 is 5.20. The fourth-order valence-electron chi connectivity index (χ4n) is 2.91. The van der Waals surface area contributed by atoms with Crippen molar-refractivity contribution in [1.29, 1.82) is 0 Å². The third-order valence-electron chi connectivity index (χ3n) is 4.13. The molecule has 0 saturated carbocycles. The van der Waals surface area contributed by atoms with Crippen molar-refractivity contribution in [2.45, 2.75) is 6.92 Å². The number of nitro groups is 1. The Bertz CT molecular complexity index is 1200. The van der Waals surface area contributed by atoms with E-state index in [0.717, 1.165) is 15.1 Å². The molecule has 0 fully saturated rings. The Kier molecular flexibility index (Phi) is 4.89. The Morgan fingerprint density at radius 1 is 1.18 bits per heavy atom. The number of fused-ring (bicyclic) bond motifs is 1. The Labute approximate surface area is 168 Å². The van der Waals surface area contributed by atoms with Crippen LogP contribution in [0.1, 0.15) is 17.3 Å². The summed E-state index contributed by atoms with van der Waals surface area (Å²) in [6.45, 7) is 2.05. The highest BCUT2D eigenvalue weighted by Gasteiger charge is 2.20. The molecule has 0 bridgehead atoms. The normalized spacial score (nSPS) is 10.9. The molecular weight excluding hydrogens is 396 g/mol. The molecule has 0 unspecified atom stereocenters. The number of aromatic nitrogens is 1. The average Bonchev–Trinajstić information content (AvgIpc) is 3.36. The fourth-order valence-corrected chi connectivity index (χ4v) is 4.87. The van der Waals surface area contributed by atoms with Crippen LogP contribution in [0.4, 0.5) is 5.69 Å². The molecule has 0 spiro atoms. The largest absolute Gasteiger partial charge is 0.462 e. The summed E-state index contributed by atoms with van der Waals surface area (Å²) in [5, 5.41) is 13.7. The van der Waals surface area contributed by atoms with Gasteiger partial charge >= 0.3 is 5.97 Å². The second-order valence-electron chi connectivity index (χ2n) is 5.85. The summed E-state index contributed by atoms with van der Waals surface area (Å²) in [5.41, 5.74) is 1.88. The monoisotopic (exact) mass is 410 g/mol. The van der Waals surface area contributed by atoms with Crippen molar-refractivity contribution >= 4 is 45.2 Å². The van der Waals surface area contributed by atoms with Crippen molar-refractivity contribution in [3.8, 4) is 20.3 Å². The number of ether oxygens (including phenoxy) is 1. The molecular formula is C20H14N2O4S2. The van der Waals surface area contributed by atoms with Crippen LogP contribution < -0.4 is 0 Å². The molecule has 28 heavy (non-hydrogen) atoms. The average molecular weight is 410 g/mol. The Morgan fingerprint density at radius 2 is 1.96 bits per heavy atom. The predicted octanol–water partition coefficient (Wildman–Crippen LogP) is 5.78. The first-order valence-corrected chi connectivity index (χ1v) is 10.2. The molecule has 0 aliphatic rings. The molecule has 6 nitrogen and oxygen atoms in total. The Morgan fingerprint density at radius 3 is 2.75 bits per heavy atom. The SMILES string of the molecule is CCOC(=O)c1cc(-c2ccc(-c3sccc3[N+](=O)[O-])s2)nc2ccccc12. The summed E-state index contributed by atoms with van der Waals surface area (Å²) in [6, 6.07) is 14.3. The predicted molar refractivity (Wildman–Crippen MR) is 111 cm³/mol. The number of carbonyl (C=O) groups is 1. The van der Waals surface area contributed by atoms with Gasteiger partial charge in [0.2, 0.25) is 0 Å². The van der Waals surface area contributed by atoms with Gasteiger partial charge in [-0.25, -0.2) is 9.78 Å². The summed E-state index contributed by atoms with van der Waals surface area (Å²) in [7, 11) is 0. The minimum absolute atomic E-state index is 0.0945. The van der Waals surface area contributed by atoms with E-state index < -0.39 is 5.97 Å². The van der Waals surface area contributed by atoms with E-state index in [2.05, 4.69) is 4.98 Å². The van der Waals surface area contributed by atoms with Crippen LogP contribution >= 0.6 is 22.7 Å². The van der Waals surface area contributed by atoms with E-state index in [1.807, 2.05) is 36.4 Å². The minimum atomic E-state index is -0.395. The number of nitrogens with zero attached hydrogens (tertiary/aromatic N) is 2. The van der Waals surface area contributed by atoms with Gasteiger partial charge < -0.3 is 4.74 Å². The third kappa shape index (κ3) is 3.28. The molecule has 0 amide bonds. The second kappa shape index (κ2) is 7.49. The van der Waals surface area contributed by atoms with Crippen LogP contribution in [0, 0.1) is 10.1 Å². The van der Waals surface area contributed by atoms with Crippen molar-refractivity contribution in [1.82, 2.24) is 4.98 Å². The molecule has 3 aromatic heterocycles. The maximum Gasteiger partial charge on any atom is 0.338 e. The number of thiophene rings is 2. The van der Waals surface area contributed by atoms with Gasteiger partial charge in [-0.2, -0.15) is 0 Å². The second-order valence-corrected chi connectivity index (χ2v) is 7.85. The third-order valence-corrected chi connectivity index (χ3v) is 6.33. The number of para-hydroxylation sites is 1. The lowest BCUT2D eigenvalue weighted by molar-refractivity contribution is -0.383. The van der Waals surface area contributed by atoms with Crippen LogP contribution in [-0.2, 0) is 4.74 Å². The lowest BCUT2D eigenvalue weighted by atomic mass is 10.1. The highest BCUT2D eigenvalue weighted by molar-refractivity contribution is 7.23.